The van der Waals surface area contributed by atoms with Crippen molar-refractivity contribution in [3.8, 4) is 11.5 Å². The lowest BCUT2D eigenvalue weighted by Gasteiger charge is -2.07. The topological polar surface area (TPSA) is 73.9 Å². The fourth-order valence-electron chi connectivity index (χ4n) is 1.98. The molecule has 24 heavy (non-hydrogen) atoms. The highest BCUT2D eigenvalue weighted by Crippen LogP contribution is 2.42. The van der Waals surface area contributed by atoms with E-state index in [-0.39, 0.29) is 23.6 Å². The normalized spacial score (nSPS) is 14.2. The maximum atomic E-state index is 12.9. The van der Waals surface area contributed by atoms with Gasteiger partial charge in [-0.1, -0.05) is 0 Å². The highest BCUT2D eigenvalue weighted by molar-refractivity contribution is 7.07. The molecule has 1 aromatic heterocycles. The fraction of sp³-hybridized carbons (Fsp3) is 0.200. The highest BCUT2D eigenvalue weighted by Gasteiger charge is 2.43. The number of benzene rings is 1. The van der Waals surface area contributed by atoms with Crippen molar-refractivity contribution >= 4 is 28.9 Å². The van der Waals surface area contributed by atoms with Crippen molar-refractivity contribution in [1.82, 2.24) is 0 Å². The van der Waals surface area contributed by atoms with Crippen molar-refractivity contribution in [2.75, 3.05) is 11.9 Å². The van der Waals surface area contributed by atoms with Crippen LogP contribution >= 0.6 is 11.3 Å². The second-order valence-electron chi connectivity index (χ2n) is 4.85. The van der Waals surface area contributed by atoms with Crippen LogP contribution in [0.25, 0.3) is 0 Å². The molecule has 0 aliphatic carbocycles. The van der Waals surface area contributed by atoms with Crippen molar-refractivity contribution in [3.05, 3.63) is 40.6 Å². The summed E-state index contributed by atoms with van der Waals surface area (Å²) in [5.41, 5.74) is 1.02. The minimum Gasteiger partial charge on any atom is -0.455 e. The summed E-state index contributed by atoms with van der Waals surface area (Å²) in [7, 11) is 0. The van der Waals surface area contributed by atoms with Crippen LogP contribution in [-0.4, -0.2) is 24.8 Å². The number of esters is 1. The van der Waals surface area contributed by atoms with Gasteiger partial charge in [-0.05, 0) is 34.5 Å². The molecule has 1 aliphatic heterocycles. The number of carbonyl (C=O) groups excluding carboxylic acids is 2. The molecule has 126 valence electrons. The lowest BCUT2D eigenvalue weighted by Crippen LogP contribution is -2.25. The van der Waals surface area contributed by atoms with Gasteiger partial charge in [-0.3, -0.25) is 9.59 Å². The Morgan fingerprint density at radius 2 is 2.00 bits per heavy atom. The van der Waals surface area contributed by atoms with E-state index in [1.54, 1.807) is 6.07 Å². The molecular weight excluding hydrogens is 344 g/mol. The smallest absolute Gasteiger partial charge is 0.455 e. The van der Waals surface area contributed by atoms with Crippen molar-refractivity contribution in [2.45, 2.75) is 12.7 Å². The highest BCUT2D eigenvalue weighted by atomic mass is 32.1. The molecule has 0 spiro atoms. The molecule has 6 nitrogen and oxygen atoms in total. The minimum atomic E-state index is -3.72. The number of hydrogen-bond acceptors (Lipinski definition) is 6. The fourth-order valence-corrected chi connectivity index (χ4v) is 2.65. The molecule has 0 atom stereocenters. The van der Waals surface area contributed by atoms with Crippen LogP contribution in [0, 0.1) is 0 Å². The maximum Gasteiger partial charge on any atom is 0.586 e. The first kappa shape index (κ1) is 16.2. The molecule has 2 heterocycles. The Kier molecular flexibility index (Phi) is 4.34. The predicted molar refractivity (Wildman–Crippen MR) is 80.3 cm³/mol. The number of fused-ring (bicyclic) bond motifs is 1. The zero-order valence-corrected chi connectivity index (χ0v) is 12.9. The molecule has 0 saturated carbocycles. The van der Waals surface area contributed by atoms with Crippen molar-refractivity contribution < 1.29 is 32.6 Å². The Hall–Kier alpha value is -2.68. The number of ether oxygens (including phenoxy) is 3. The van der Waals surface area contributed by atoms with Crippen molar-refractivity contribution in [2.24, 2.45) is 0 Å². The van der Waals surface area contributed by atoms with Gasteiger partial charge < -0.3 is 19.5 Å². The van der Waals surface area contributed by atoms with Gasteiger partial charge in [0.25, 0.3) is 5.91 Å². The van der Waals surface area contributed by atoms with Crippen LogP contribution in [0.5, 0.6) is 11.5 Å². The summed E-state index contributed by atoms with van der Waals surface area (Å²) < 4.78 is 39.2. The van der Waals surface area contributed by atoms with E-state index in [2.05, 4.69) is 14.8 Å². The average Bonchev–Trinajstić information content (AvgIpc) is 3.10. The molecule has 1 aromatic carbocycles. The summed E-state index contributed by atoms with van der Waals surface area (Å²) >= 11 is 1.45. The van der Waals surface area contributed by atoms with Gasteiger partial charge in [-0.2, -0.15) is 11.3 Å². The Balaban J connectivity index is 1.50. The predicted octanol–water partition coefficient (Wildman–Crippen LogP) is 2.79. The largest absolute Gasteiger partial charge is 0.586 e. The average molecular weight is 355 g/mol. The molecule has 0 fully saturated rings. The number of thiophene rings is 1. The number of amides is 1. The molecule has 0 bridgehead atoms. The van der Waals surface area contributed by atoms with E-state index in [9.17, 15) is 18.4 Å². The summed E-state index contributed by atoms with van der Waals surface area (Å²) in [5, 5.41) is 6.06. The first-order chi connectivity index (χ1) is 11.4. The Morgan fingerprint density at radius 1 is 1.21 bits per heavy atom. The molecule has 1 aliphatic rings. The van der Waals surface area contributed by atoms with Crippen LogP contribution in [0.15, 0.2) is 35.0 Å². The van der Waals surface area contributed by atoms with Crippen molar-refractivity contribution in [1.29, 1.82) is 0 Å². The maximum absolute atomic E-state index is 12.9. The van der Waals surface area contributed by atoms with E-state index >= 15 is 0 Å². The Labute approximate surface area is 138 Å². The van der Waals surface area contributed by atoms with E-state index in [1.807, 2.05) is 10.8 Å². The number of hydrogen-bond donors (Lipinski definition) is 1. The molecule has 0 unspecified atom stereocenters. The van der Waals surface area contributed by atoms with Gasteiger partial charge in [-0.25, -0.2) is 0 Å². The number of halogens is 2. The zero-order valence-electron chi connectivity index (χ0n) is 12.1. The van der Waals surface area contributed by atoms with E-state index in [4.69, 9.17) is 4.74 Å². The van der Waals surface area contributed by atoms with E-state index in [0.29, 0.717) is 0 Å². The van der Waals surface area contributed by atoms with Gasteiger partial charge in [-0.15, -0.1) is 8.78 Å². The minimum absolute atomic E-state index is 0.0793. The SMILES string of the molecule is O=C(COC(=O)Cc1ccsc1)Nc1ccc2c(c1)OC(F)(F)O2. The van der Waals surface area contributed by atoms with E-state index in [0.717, 1.165) is 5.56 Å². The summed E-state index contributed by atoms with van der Waals surface area (Å²) in [6.07, 6.45) is -3.64. The lowest BCUT2D eigenvalue weighted by atomic mass is 10.2. The van der Waals surface area contributed by atoms with Gasteiger partial charge in [0.2, 0.25) is 0 Å². The third-order valence-corrected chi connectivity index (χ3v) is 3.71. The summed E-state index contributed by atoms with van der Waals surface area (Å²) in [4.78, 5) is 23.3. The standard InChI is InChI=1S/C15H11F2NO5S/c16-15(17)22-11-2-1-10(6-12(11)23-15)18-13(19)7-21-14(20)5-9-3-4-24-8-9/h1-4,6,8H,5,7H2,(H,18,19). The second kappa shape index (κ2) is 6.44. The molecule has 1 N–H and O–H groups in total. The van der Waals surface area contributed by atoms with E-state index < -0.39 is 24.8 Å². The summed E-state index contributed by atoms with van der Waals surface area (Å²) in [6.45, 7) is -0.479. The quantitative estimate of drug-likeness (QED) is 0.835. The van der Waals surface area contributed by atoms with Gasteiger partial charge in [0.1, 0.15) is 0 Å². The van der Waals surface area contributed by atoms with Gasteiger partial charge in [0.15, 0.2) is 18.1 Å². The Bertz CT molecular complexity index is 763. The molecule has 2 aromatic rings. The number of alkyl halides is 2. The molecule has 9 heteroatoms. The van der Waals surface area contributed by atoms with Gasteiger partial charge in [0.05, 0.1) is 6.42 Å². The Morgan fingerprint density at radius 3 is 2.75 bits per heavy atom. The number of rotatable bonds is 5. The second-order valence-corrected chi connectivity index (χ2v) is 5.63. The molecule has 0 radical (unpaired) electrons. The molecule has 0 saturated heterocycles. The van der Waals surface area contributed by atoms with Gasteiger partial charge in [0, 0.05) is 11.8 Å². The first-order valence-electron chi connectivity index (χ1n) is 6.78. The van der Waals surface area contributed by atoms with Crippen LogP contribution in [0.4, 0.5) is 14.5 Å². The van der Waals surface area contributed by atoms with Crippen LogP contribution < -0.4 is 14.8 Å². The molecule has 1 amide bonds. The molecule has 3 rings (SSSR count). The third kappa shape index (κ3) is 3.99. The van der Waals surface area contributed by atoms with Crippen LogP contribution in [-0.2, 0) is 20.7 Å². The van der Waals surface area contributed by atoms with Crippen LogP contribution in [0.2, 0.25) is 0 Å². The van der Waals surface area contributed by atoms with Gasteiger partial charge >= 0.3 is 12.3 Å². The third-order valence-electron chi connectivity index (χ3n) is 2.98. The van der Waals surface area contributed by atoms with Crippen LogP contribution in [0.3, 0.4) is 0 Å². The number of carbonyl (C=O) groups is 2. The number of anilines is 1. The summed E-state index contributed by atoms with van der Waals surface area (Å²) in [5.74, 6) is -1.44. The molecular formula is C15H11F2NO5S. The number of nitrogens with one attached hydrogen (secondary N) is 1. The zero-order chi connectivity index (χ0) is 17.2. The summed E-state index contributed by atoms with van der Waals surface area (Å²) in [6, 6.07) is 5.60. The first-order valence-corrected chi connectivity index (χ1v) is 7.72. The van der Waals surface area contributed by atoms with Crippen LogP contribution in [0.1, 0.15) is 5.56 Å². The lowest BCUT2D eigenvalue weighted by molar-refractivity contribution is -0.286. The van der Waals surface area contributed by atoms with E-state index in [1.165, 1.54) is 29.5 Å². The van der Waals surface area contributed by atoms with Crippen molar-refractivity contribution in [3.63, 3.8) is 0 Å². The monoisotopic (exact) mass is 355 g/mol.